The highest BCUT2D eigenvalue weighted by Gasteiger charge is 2.22. The average Bonchev–Trinajstić information content (AvgIpc) is 2.87. The van der Waals surface area contributed by atoms with E-state index in [2.05, 4.69) is 10.6 Å². The number of hydrogen-bond donors (Lipinski definition) is 2. The summed E-state index contributed by atoms with van der Waals surface area (Å²) in [6.07, 6.45) is 0. The molecule has 0 unspecified atom stereocenters. The van der Waals surface area contributed by atoms with Gasteiger partial charge in [-0.3, -0.25) is 19.7 Å². The third kappa shape index (κ3) is 6.36. The molecule has 0 atom stereocenters. The second kappa shape index (κ2) is 11.7. The summed E-state index contributed by atoms with van der Waals surface area (Å²) in [4.78, 5) is 49.8. The maximum absolute atomic E-state index is 12.8. The van der Waals surface area contributed by atoms with Crippen molar-refractivity contribution in [2.24, 2.45) is 0 Å². The summed E-state index contributed by atoms with van der Waals surface area (Å²) in [5, 5.41) is 4.95. The zero-order chi connectivity index (χ0) is 25.4. The van der Waals surface area contributed by atoms with E-state index in [9.17, 15) is 19.2 Å². The third-order valence-corrected chi connectivity index (χ3v) is 5.06. The first-order valence-corrected chi connectivity index (χ1v) is 10.6. The van der Waals surface area contributed by atoms with Crippen LogP contribution >= 0.6 is 11.6 Å². The third-order valence-electron chi connectivity index (χ3n) is 4.73. The lowest BCUT2D eigenvalue weighted by Crippen LogP contribution is -2.34. The van der Waals surface area contributed by atoms with Gasteiger partial charge in [0, 0.05) is 17.7 Å². The smallest absolute Gasteiger partial charge is 0.340 e. The molecule has 0 aliphatic heterocycles. The number of halogens is 1. The Morgan fingerprint density at radius 1 is 0.800 bits per heavy atom. The molecule has 0 fully saturated rings. The Labute approximate surface area is 205 Å². The zero-order valence-electron chi connectivity index (χ0n) is 18.8. The minimum atomic E-state index is -0.942. The number of methoxy groups -OCH3 is 2. The van der Waals surface area contributed by atoms with E-state index >= 15 is 0 Å². The Balaban J connectivity index is 1.78. The summed E-state index contributed by atoms with van der Waals surface area (Å²) in [7, 11) is 2.77. The van der Waals surface area contributed by atoms with Gasteiger partial charge in [-0.1, -0.05) is 41.9 Å². The molecule has 180 valence electrons. The van der Waals surface area contributed by atoms with Gasteiger partial charge in [-0.15, -0.1) is 0 Å². The van der Waals surface area contributed by atoms with Gasteiger partial charge in [0.25, 0.3) is 17.7 Å². The van der Waals surface area contributed by atoms with Crippen LogP contribution in [0.15, 0.2) is 66.7 Å². The van der Waals surface area contributed by atoms with Gasteiger partial charge in [-0.25, -0.2) is 4.79 Å². The molecule has 0 heterocycles. The summed E-state index contributed by atoms with van der Waals surface area (Å²) in [5.74, 6) is -2.55. The van der Waals surface area contributed by atoms with Crippen LogP contribution in [-0.4, -0.2) is 44.5 Å². The van der Waals surface area contributed by atoms with Crippen molar-refractivity contribution in [1.82, 2.24) is 5.32 Å². The number of anilines is 1. The number of benzene rings is 3. The Hall–Kier alpha value is -4.37. The highest BCUT2D eigenvalue weighted by molar-refractivity contribution is 6.34. The van der Waals surface area contributed by atoms with Crippen molar-refractivity contribution in [3.63, 3.8) is 0 Å². The van der Waals surface area contributed by atoms with Gasteiger partial charge in [0.2, 0.25) is 0 Å². The quantitative estimate of drug-likeness (QED) is 0.456. The topological polar surface area (TPSA) is 120 Å². The monoisotopic (exact) mass is 496 g/mol. The normalized spacial score (nSPS) is 10.1. The number of ether oxygens (including phenoxy) is 3. The van der Waals surface area contributed by atoms with E-state index in [0.717, 1.165) is 0 Å². The first-order valence-electron chi connectivity index (χ1n) is 10.2. The number of carbonyl (C=O) groups is 4. The number of nitrogens with one attached hydrogen (secondary N) is 2. The fraction of sp³-hybridized carbons (Fsp3) is 0.120. The van der Waals surface area contributed by atoms with E-state index in [0.29, 0.717) is 0 Å². The number of carbonyl (C=O) groups excluding carboxylic acids is 4. The number of amides is 3. The Morgan fingerprint density at radius 3 is 2.09 bits per heavy atom. The molecular formula is C25H21ClN2O7. The summed E-state index contributed by atoms with van der Waals surface area (Å²) >= 11 is 6.10. The first-order chi connectivity index (χ1) is 16.8. The maximum atomic E-state index is 12.8. The standard InChI is InChI=1S/C25H21ClN2O7/c1-33-20-12-17(25(32)35-14-22(29)28-23(30)15-8-4-3-5-9-15)19(13-21(20)34-2)27-24(31)16-10-6-7-11-18(16)26/h3-13H,14H2,1-2H3,(H,27,31)(H,28,29,30). The molecule has 0 aliphatic rings. The van der Waals surface area contributed by atoms with Crippen molar-refractivity contribution >= 4 is 41.0 Å². The van der Waals surface area contributed by atoms with Gasteiger partial charge < -0.3 is 19.5 Å². The molecule has 0 aromatic heterocycles. The largest absolute Gasteiger partial charge is 0.493 e. The van der Waals surface area contributed by atoms with Gasteiger partial charge in [-0.2, -0.15) is 0 Å². The lowest BCUT2D eigenvalue weighted by atomic mass is 10.1. The minimum absolute atomic E-state index is 0.0401. The Kier molecular flexibility index (Phi) is 8.42. The van der Waals surface area contributed by atoms with Crippen LogP contribution in [0, 0.1) is 0 Å². The van der Waals surface area contributed by atoms with Crippen LogP contribution in [0.1, 0.15) is 31.1 Å². The second-order valence-corrected chi connectivity index (χ2v) is 7.41. The summed E-state index contributed by atoms with van der Waals surface area (Å²) < 4.78 is 15.6. The fourth-order valence-electron chi connectivity index (χ4n) is 3.02. The number of hydrogen-bond acceptors (Lipinski definition) is 7. The number of rotatable bonds is 8. The van der Waals surface area contributed by atoms with Gasteiger partial charge >= 0.3 is 5.97 Å². The Bertz CT molecular complexity index is 1260. The molecule has 2 N–H and O–H groups in total. The average molecular weight is 497 g/mol. The van der Waals surface area contributed by atoms with E-state index in [-0.39, 0.29) is 38.9 Å². The minimum Gasteiger partial charge on any atom is -0.493 e. The lowest BCUT2D eigenvalue weighted by Gasteiger charge is -2.15. The van der Waals surface area contributed by atoms with E-state index in [1.165, 1.54) is 44.6 Å². The summed E-state index contributed by atoms with van der Waals surface area (Å²) in [6, 6.07) is 17.2. The Morgan fingerprint density at radius 2 is 1.43 bits per heavy atom. The molecule has 35 heavy (non-hydrogen) atoms. The highest BCUT2D eigenvalue weighted by Crippen LogP contribution is 2.34. The molecule has 0 aliphatic carbocycles. The molecule has 0 radical (unpaired) electrons. The molecule has 0 saturated heterocycles. The van der Waals surface area contributed by atoms with Crippen molar-refractivity contribution in [2.45, 2.75) is 0 Å². The number of imide groups is 1. The number of esters is 1. The van der Waals surface area contributed by atoms with Gasteiger partial charge in [0.1, 0.15) is 0 Å². The van der Waals surface area contributed by atoms with Gasteiger partial charge in [0.15, 0.2) is 18.1 Å². The zero-order valence-corrected chi connectivity index (χ0v) is 19.5. The molecule has 3 aromatic carbocycles. The summed E-state index contributed by atoms with van der Waals surface area (Å²) in [5.41, 5.74) is 0.391. The van der Waals surface area contributed by atoms with Crippen molar-refractivity contribution in [3.8, 4) is 11.5 Å². The van der Waals surface area contributed by atoms with Crippen LogP contribution in [0.5, 0.6) is 11.5 Å². The van der Waals surface area contributed by atoms with Crippen LogP contribution in [-0.2, 0) is 9.53 Å². The molecule has 3 rings (SSSR count). The van der Waals surface area contributed by atoms with Crippen LogP contribution in [0.2, 0.25) is 5.02 Å². The second-order valence-electron chi connectivity index (χ2n) is 7.01. The molecular weight excluding hydrogens is 476 g/mol. The van der Waals surface area contributed by atoms with E-state index < -0.39 is 30.3 Å². The van der Waals surface area contributed by atoms with Crippen molar-refractivity contribution in [3.05, 3.63) is 88.4 Å². The molecule has 3 aromatic rings. The molecule has 0 bridgehead atoms. The summed E-state index contributed by atoms with van der Waals surface area (Å²) in [6.45, 7) is -0.732. The molecule has 0 saturated carbocycles. The first kappa shape index (κ1) is 25.3. The van der Waals surface area contributed by atoms with Crippen molar-refractivity contribution < 1.29 is 33.4 Å². The van der Waals surface area contributed by atoms with Crippen LogP contribution in [0.4, 0.5) is 5.69 Å². The molecule has 9 nitrogen and oxygen atoms in total. The van der Waals surface area contributed by atoms with Crippen LogP contribution in [0.3, 0.4) is 0 Å². The predicted molar refractivity (Wildman–Crippen MR) is 128 cm³/mol. The van der Waals surface area contributed by atoms with Crippen molar-refractivity contribution in [1.29, 1.82) is 0 Å². The molecule has 0 spiro atoms. The SMILES string of the molecule is COc1cc(NC(=O)c2ccccc2Cl)c(C(=O)OCC(=O)NC(=O)c2ccccc2)cc1OC. The fourth-order valence-corrected chi connectivity index (χ4v) is 3.24. The maximum Gasteiger partial charge on any atom is 0.340 e. The van der Waals surface area contributed by atoms with E-state index in [1.807, 2.05) is 0 Å². The van der Waals surface area contributed by atoms with E-state index in [4.69, 9.17) is 25.8 Å². The predicted octanol–water partition coefficient (Wildman–Crippen LogP) is 3.72. The van der Waals surface area contributed by atoms with Crippen LogP contribution < -0.4 is 20.1 Å². The van der Waals surface area contributed by atoms with Crippen molar-refractivity contribution in [2.75, 3.05) is 26.1 Å². The highest BCUT2D eigenvalue weighted by atomic mass is 35.5. The van der Waals surface area contributed by atoms with Gasteiger partial charge in [-0.05, 0) is 24.3 Å². The molecule has 10 heteroatoms. The molecule has 3 amide bonds. The van der Waals surface area contributed by atoms with E-state index in [1.54, 1.807) is 36.4 Å². The van der Waals surface area contributed by atoms with Crippen LogP contribution in [0.25, 0.3) is 0 Å². The van der Waals surface area contributed by atoms with Gasteiger partial charge in [0.05, 0.1) is 36.1 Å². The lowest BCUT2D eigenvalue weighted by molar-refractivity contribution is -0.123.